The van der Waals surface area contributed by atoms with Crippen LogP contribution in [-0.4, -0.2) is 6.26 Å². The maximum Gasteiger partial charge on any atom is 0.295 e. The molecule has 0 radical (unpaired) electrons. The fraction of sp³-hybridized carbons (Fsp3) is 0.250. The van der Waals surface area contributed by atoms with Crippen LogP contribution in [0.5, 0.6) is 0 Å². The molecule has 0 aliphatic carbocycles. The SMILES string of the molecule is CSc1[nH+]ccs1.[I-]. The van der Waals surface area contributed by atoms with Crippen LogP contribution in [0.1, 0.15) is 0 Å². The monoisotopic (exact) mass is 259 g/mol. The number of aromatic nitrogens is 1. The van der Waals surface area contributed by atoms with E-state index < -0.39 is 0 Å². The fourth-order valence-electron chi connectivity index (χ4n) is 0.339. The fourth-order valence-corrected chi connectivity index (χ4v) is 1.47. The highest BCUT2D eigenvalue weighted by atomic mass is 127. The summed E-state index contributed by atoms with van der Waals surface area (Å²) in [4.78, 5) is 3.07. The van der Waals surface area contributed by atoms with E-state index in [4.69, 9.17) is 0 Å². The van der Waals surface area contributed by atoms with E-state index in [1.807, 2.05) is 11.6 Å². The van der Waals surface area contributed by atoms with Crippen LogP contribution in [0.4, 0.5) is 0 Å². The normalized spacial score (nSPS) is 8.12. The van der Waals surface area contributed by atoms with E-state index in [1.165, 1.54) is 4.34 Å². The summed E-state index contributed by atoms with van der Waals surface area (Å²) < 4.78 is 1.26. The smallest absolute Gasteiger partial charge is 0.295 e. The summed E-state index contributed by atoms with van der Waals surface area (Å²) in [6.07, 6.45) is 4.00. The standard InChI is InChI=1S/C4H5NS2.HI/c1-6-4-5-2-3-7-4;/h2-3H,1H3;1H. The predicted molar refractivity (Wildman–Crippen MR) is 32.7 cm³/mol. The van der Waals surface area contributed by atoms with Gasteiger partial charge in [0.1, 0.15) is 0 Å². The lowest BCUT2D eigenvalue weighted by molar-refractivity contribution is -0.416. The lowest BCUT2D eigenvalue weighted by Crippen LogP contribution is -3.00. The molecule has 46 valence electrons. The molecule has 0 fully saturated rings. The summed E-state index contributed by atoms with van der Waals surface area (Å²) in [6.45, 7) is 0. The van der Waals surface area contributed by atoms with Crippen molar-refractivity contribution in [3.8, 4) is 0 Å². The molecule has 0 saturated carbocycles. The molecule has 1 aromatic rings. The van der Waals surface area contributed by atoms with Gasteiger partial charge >= 0.3 is 0 Å². The number of rotatable bonds is 1. The molecule has 0 atom stereocenters. The van der Waals surface area contributed by atoms with Crippen molar-refractivity contribution in [1.82, 2.24) is 0 Å². The molecule has 0 unspecified atom stereocenters. The van der Waals surface area contributed by atoms with Crippen LogP contribution in [0.25, 0.3) is 0 Å². The average Bonchev–Trinajstić information content (AvgIpc) is 2.14. The van der Waals surface area contributed by atoms with Gasteiger partial charge in [0.15, 0.2) is 6.20 Å². The van der Waals surface area contributed by atoms with Gasteiger partial charge in [-0.15, -0.1) is 0 Å². The van der Waals surface area contributed by atoms with Crippen LogP contribution in [0.3, 0.4) is 0 Å². The quantitative estimate of drug-likeness (QED) is 0.432. The summed E-state index contributed by atoms with van der Waals surface area (Å²) in [7, 11) is 0. The van der Waals surface area contributed by atoms with Crippen LogP contribution < -0.4 is 29.0 Å². The number of nitrogens with one attached hydrogen (secondary N) is 1. The first-order valence-corrected chi connectivity index (χ1v) is 4.03. The minimum absolute atomic E-state index is 0. The van der Waals surface area contributed by atoms with Gasteiger partial charge in [-0.3, -0.25) is 0 Å². The number of H-pyrrole nitrogens is 1. The van der Waals surface area contributed by atoms with Crippen molar-refractivity contribution in [3.63, 3.8) is 0 Å². The number of thioether (sulfide) groups is 1. The highest BCUT2D eigenvalue weighted by molar-refractivity contribution is 8.00. The van der Waals surface area contributed by atoms with Gasteiger partial charge < -0.3 is 24.0 Å². The van der Waals surface area contributed by atoms with Gasteiger partial charge in [0.05, 0.1) is 5.38 Å². The molecule has 0 aliphatic heterocycles. The number of thiazole rings is 1. The van der Waals surface area contributed by atoms with Gasteiger partial charge in [-0.05, 0) is 18.0 Å². The van der Waals surface area contributed by atoms with Crippen molar-refractivity contribution in [3.05, 3.63) is 11.6 Å². The van der Waals surface area contributed by atoms with Crippen LogP contribution in [-0.2, 0) is 0 Å². The van der Waals surface area contributed by atoms with Crippen molar-refractivity contribution in [2.24, 2.45) is 0 Å². The first-order valence-electron chi connectivity index (χ1n) is 1.92. The lowest BCUT2D eigenvalue weighted by atomic mass is 11.0. The van der Waals surface area contributed by atoms with Crippen LogP contribution in [0.2, 0.25) is 0 Å². The topological polar surface area (TPSA) is 14.1 Å². The van der Waals surface area contributed by atoms with E-state index >= 15 is 0 Å². The van der Waals surface area contributed by atoms with E-state index in [2.05, 4.69) is 11.2 Å². The third-order valence-corrected chi connectivity index (χ3v) is 2.51. The Labute approximate surface area is 73.9 Å². The predicted octanol–water partition coefficient (Wildman–Crippen LogP) is -1.71. The van der Waals surface area contributed by atoms with Gasteiger partial charge in [0, 0.05) is 0 Å². The second-order valence-corrected chi connectivity index (χ2v) is 3.05. The van der Waals surface area contributed by atoms with Crippen LogP contribution in [0.15, 0.2) is 15.9 Å². The lowest BCUT2D eigenvalue weighted by Gasteiger charge is -1.69. The molecule has 4 heteroatoms. The molecule has 0 spiro atoms. The third kappa shape index (κ3) is 2.32. The second kappa shape index (κ2) is 4.58. The molecule has 1 nitrogen and oxygen atoms in total. The summed E-state index contributed by atoms with van der Waals surface area (Å²) in [5.74, 6) is 0. The number of halogens is 1. The highest BCUT2D eigenvalue weighted by Gasteiger charge is 1.94. The Morgan fingerprint density at radius 3 is 2.75 bits per heavy atom. The molecule has 0 aromatic carbocycles. The van der Waals surface area contributed by atoms with Crippen molar-refractivity contribution >= 4 is 23.1 Å². The summed E-state index contributed by atoms with van der Waals surface area (Å²) in [5, 5.41) is 2.03. The molecule has 8 heavy (non-hydrogen) atoms. The van der Waals surface area contributed by atoms with Crippen LogP contribution in [0, 0.1) is 0 Å². The molecular formula is C4H6INS2. The zero-order valence-corrected chi connectivity index (χ0v) is 8.14. The molecule has 1 rings (SSSR count). The molecule has 0 aliphatic rings. The maximum absolute atomic E-state index is 3.07. The average molecular weight is 259 g/mol. The molecule has 0 amide bonds. The van der Waals surface area contributed by atoms with E-state index in [0.717, 1.165) is 0 Å². The third-order valence-electron chi connectivity index (χ3n) is 0.630. The minimum Gasteiger partial charge on any atom is -1.00 e. The Balaban J connectivity index is 0.000000490. The van der Waals surface area contributed by atoms with Crippen molar-refractivity contribution < 1.29 is 29.0 Å². The Bertz CT molecular complexity index is 129. The number of hydrogen-bond acceptors (Lipinski definition) is 2. The molecule has 1 N–H and O–H groups in total. The van der Waals surface area contributed by atoms with Crippen molar-refractivity contribution in [2.45, 2.75) is 4.34 Å². The van der Waals surface area contributed by atoms with Gasteiger partial charge in [0.25, 0.3) is 4.34 Å². The van der Waals surface area contributed by atoms with Crippen LogP contribution >= 0.6 is 23.1 Å². The first kappa shape index (κ1) is 8.71. The molecule has 0 bridgehead atoms. The Kier molecular flexibility index (Phi) is 4.98. The van der Waals surface area contributed by atoms with Gasteiger partial charge in [-0.1, -0.05) is 11.3 Å². The minimum atomic E-state index is 0. The Morgan fingerprint density at radius 2 is 2.50 bits per heavy atom. The van der Waals surface area contributed by atoms with Crippen molar-refractivity contribution in [2.75, 3.05) is 6.26 Å². The molecular weight excluding hydrogens is 253 g/mol. The van der Waals surface area contributed by atoms with E-state index in [0.29, 0.717) is 0 Å². The zero-order chi connectivity index (χ0) is 5.11. The Morgan fingerprint density at radius 1 is 1.75 bits per heavy atom. The molecule has 0 saturated heterocycles. The Hall–Kier alpha value is 0.710. The summed E-state index contributed by atoms with van der Waals surface area (Å²) in [6, 6.07) is 0. The van der Waals surface area contributed by atoms with Gasteiger partial charge in [-0.25, -0.2) is 0 Å². The summed E-state index contributed by atoms with van der Waals surface area (Å²) in [5.41, 5.74) is 0. The second-order valence-electron chi connectivity index (χ2n) is 1.06. The molecule has 1 aromatic heterocycles. The van der Waals surface area contributed by atoms with Crippen molar-refractivity contribution in [1.29, 1.82) is 0 Å². The molecule has 1 heterocycles. The number of aromatic amines is 1. The van der Waals surface area contributed by atoms with E-state index in [9.17, 15) is 0 Å². The number of hydrogen-bond donors (Lipinski definition) is 0. The van der Waals surface area contributed by atoms with E-state index in [1.54, 1.807) is 23.1 Å². The summed E-state index contributed by atoms with van der Waals surface area (Å²) >= 11 is 3.47. The zero-order valence-electron chi connectivity index (χ0n) is 4.35. The van der Waals surface area contributed by atoms with Gasteiger partial charge in [0.2, 0.25) is 0 Å². The van der Waals surface area contributed by atoms with Gasteiger partial charge in [-0.2, -0.15) is 4.98 Å². The van der Waals surface area contributed by atoms with E-state index in [-0.39, 0.29) is 24.0 Å². The maximum atomic E-state index is 3.07. The highest BCUT2D eigenvalue weighted by Crippen LogP contribution is 2.11. The first-order chi connectivity index (χ1) is 3.43. The largest absolute Gasteiger partial charge is 1.00 e.